The number of benzene rings is 1. The molecule has 0 saturated carbocycles. The van der Waals surface area contributed by atoms with Crippen molar-refractivity contribution in [3.8, 4) is 11.5 Å². The molecule has 1 N–H and O–H groups in total. The Morgan fingerprint density at radius 2 is 1.76 bits per heavy atom. The highest BCUT2D eigenvalue weighted by molar-refractivity contribution is 5.46. The molecule has 0 aliphatic heterocycles. The second-order valence-electron chi connectivity index (χ2n) is 7.40. The van der Waals surface area contributed by atoms with Crippen LogP contribution in [0.2, 0.25) is 0 Å². The minimum atomic E-state index is -1.36. The van der Waals surface area contributed by atoms with E-state index in [2.05, 4.69) is 25.0 Å². The van der Waals surface area contributed by atoms with Gasteiger partial charge in [-0.05, 0) is 56.2 Å². The lowest BCUT2D eigenvalue weighted by atomic mass is 9.87. The molecule has 0 bridgehead atoms. The molecule has 0 saturated heterocycles. The van der Waals surface area contributed by atoms with Gasteiger partial charge in [-0.2, -0.15) is 0 Å². The summed E-state index contributed by atoms with van der Waals surface area (Å²) >= 11 is 0. The second-order valence-corrected chi connectivity index (χ2v) is 7.40. The van der Waals surface area contributed by atoms with Crippen molar-refractivity contribution < 1.29 is 19.0 Å². The zero-order valence-corrected chi connectivity index (χ0v) is 18.2. The molecular formula is C24H33NO4. The highest BCUT2D eigenvalue weighted by Crippen LogP contribution is 2.36. The number of furan rings is 1. The van der Waals surface area contributed by atoms with E-state index in [4.69, 9.17) is 13.9 Å². The van der Waals surface area contributed by atoms with Crippen LogP contribution in [0.3, 0.4) is 0 Å². The molecule has 1 aromatic heterocycles. The highest BCUT2D eigenvalue weighted by atomic mass is 16.5. The third-order valence-corrected chi connectivity index (χ3v) is 5.05. The van der Waals surface area contributed by atoms with Crippen molar-refractivity contribution >= 4 is 0 Å². The fourth-order valence-corrected chi connectivity index (χ4v) is 3.51. The van der Waals surface area contributed by atoms with Gasteiger partial charge in [0.2, 0.25) is 0 Å². The summed E-state index contributed by atoms with van der Waals surface area (Å²) in [6, 6.07) is 9.60. The van der Waals surface area contributed by atoms with Gasteiger partial charge in [-0.3, -0.25) is 4.90 Å². The minimum Gasteiger partial charge on any atom is -0.493 e. The Bertz CT molecular complexity index is 838. The van der Waals surface area contributed by atoms with Gasteiger partial charge in [0.05, 0.1) is 20.8 Å². The van der Waals surface area contributed by atoms with Crippen molar-refractivity contribution in [3.63, 3.8) is 0 Å². The van der Waals surface area contributed by atoms with E-state index in [9.17, 15) is 5.11 Å². The van der Waals surface area contributed by atoms with Crippen molar-refractivity contribution in [3.05, 3.63) is 71.7 Å². The lowest BCUT2D eigenvalue weighted by Gasteiger charge is -2.27. The third kappa shape index (κ3) is 4.92. The molecule has 2 rings (SSSR count). The minimum absolute atomic E-state index is 0.447. The summed E-state index contributed by atoms with van der Waals surface area (Å²) in [5.41, 5.74) is 0.853. The van der Waals surface area contributed by atoms with E-state index in [1.165, 1.54) is 0 Å². The van der Waals surface area contributed by atoms with E-state index in [1.807, 2.05) is 24.3 Å². The van der Waals surface area contributed by atoms with Gasteiger partial charge in [0, 0.05) is 12.1 Å². The van der Waals surface area contributed by atoms with Gasteiger partial charge in [-0.1, -0.05) is 32.2 Å². The van der Waals surface area contributed by atoms with E-state index in [-0.39, 0.29) is 0 Å². The van der Waals surface area contributed by atoms with Crippen LogP contribution < -0.4 is 9.47 Å². The Kier molecular flexibility index (Phi) is 7.71. The Labute approximate surface area is 174 Å². The zero-order chi connectivity index (χ0) is 21.6. The molecule has 158 valence electrons. The topological polar surface area (TPSA) is 55.1 Å². The van der Waals surface area contributed by atoms with Crippen molar-refractivity contribution in [1.82, 2.24) is 4.90 Å². The van der Waals surface area contributed by atoms with E-state index in [1.54, 1.807) is 34.1 Å². The van der Waals surface area contributed by atoms with Crippen LogP contribution in [0.4, 0.5) is 0 Å². The fourth-order valence-electron chi connectivity index (χ4n) is 3.51. The van der Waals surface area contributed by atoms with Crippen molar-refractivity contribution in [2.75, 3.05) is 20.8 Å². The molecule has 0 fully saturated rings. The summed E-state index contributed by atoms with van der Waals surface area (Å²) in [6.45, 7) is 15.7. The van der Waals surface area contributed by atoms with Gasteiger partial charge >= 0.3 is 0 Å². The average molecular weight is 400 g/mol. The number of ether oxygens (including phenoxy) is 2. The van der Waals surface area contributed by atoms with Crippen molar-refractivity contribution in [2.24, 2.45) is 0 Å². The molecule has 0 spiro atoms. The number of aliphatic hydroxyl groups is 1. The Morgan fingerprint density at radius 1 is 1.07 bits per heavy atom. The summed E-state index contributed by atoms with van der Waals surface area (Å²) in [5, 5.41) is 11.0. The van der Waals surface area contributed by atoms with Crippen LogP contribution in [-0.2, 0) is 18.7 Å². The first-order chi connectivity index (χ1) is 13.8. The summed E-state index contributed by atoms with van der Waals surface area (Å²) < 4.78 is 17.0. The molecule has 0 radical (unpaired) electrons. The summed E-state index contributed by atoms with van der Waals surface area (Å²) in [6.07, 6.45) is 1.00. The Balaban J connectivity index is 2.26. The number of nitrogens with zero attached hydrogens (tertiary/aromatic N) is 1. The second kappa shape index (κ2) is 9.81. The summed E-state index contributed by atoms with van der Waals surface area (Å²) in [4.78, 5) is 2.28. The Hall–Kier alpha value is -2.50. The number of hydrogen-bond donors (Lipinski definition) is 1. The lowest BCUT2D eigenvalue weighted by Crippen LogP contribution is -2.27. The molecule has 0 amide bonds. The molecule has 29 heavy (non-hydrogen) atoms. The zero-order valence-electron chi connectivity index (χ0n) is 18.2. The van der Waals surface area contributed by atoms with E-state index in [0.717, 1.165) is 35.8 Å². The van der Waals surface area contributed by atoms with Gasteiger partial charge < -0.3 is 19.0 Å². The molecule has 0 atom stereocenters. The summed E-state index contributed by atoms with van der Waals surface area (Å²) in [7, 11) is 3.29. The van der Waals surface area contributed by atoms with Gasteiger partial charge in [0.15, 0.2) is 17.1 Å². The highest BCUT2D eigenvalue weighted by Gasteiger charge is 2.35. The molecule has 1 heterocycles. The van der Waals surface area contributed by atoms with Crippen LogP contribution in [0.25, 0.3) is 0 Å². The first-order valence-corrected chi connectivity index (χ1v) is 9.83. The molecule has 5 nitrogen and oxygen atoms in total. The normalized spacial score (nSPS) is 11.6. The predicted octanol–water partition coefficient (Wildman–Crippen LogP) is 5.05. The number of rotatable bonds is 11. The Morgan fingerprint density at radius 3 is 2.31 bits per heavy atom. The smallest absolute Gasteiger partial charge is 0.165 e. The van der Waals surface area contributed by atoms with Crippen LogP contribution in [-0.4, -0.2) is 30.8 Å². The number of hydrogen-bond acceptors (Lipinski definition) is 5. The first kappa shape index (κ1) is 22.8. The predicted molar refractivity (Wildman–Crippen MR) is 116 cm³/mol. The van der Waals surface area contributed by atoms with E-state index < -0.39 is 5.60 Å². The largest absolute Gasteiger partial charge is 0.493 e. The first-order valence-electron chi connectivity index (χ1n) is 9.83. The monoisotopic (exact) mass is 399 g/mol. The number of methoxy groups -OCH3 is 2. The maximum Gasteiger partial charge on any atom is 0.165 e. The van der Waals surface area contributed by atoms with Gasteiger partial charge in [0.25, 0.3) is 0 Å². The standard InChI is InChI=1S/C24H33NO4/c1-8-14-25(15-19-10-9-11-21(27-6)23(19)28-7)16-20-12-13-22(29-20)24(26,17(2)3)18(4)5/h9-13,26H,2,4,8,14-16H2,1,3,5-7H3. The van der Waals surface area contributed by atoms with Crippen molar-refractivity contribution in [1.29, 1.82) is 0 Å². The summed E-state index contributed by atoms with van der Waals surface area (Å²) in [5.74, 6) is 2.68. The van der Waals surface area contributed by atoms with E-state index in [0.29, 0.717) is 30.0 Å². The van der Waals surface area contributed by atoms with Crippen LogP contribution in [0.1, 0.15) is 44.3 Å². The molecule has 1 aromatic carbocycles. The lowest BCUT2D eigenvalue weighted by molar-refractivity contribution is 0.0878. The van der Waals surface area contributed by atoms with E-state index >= 15 is 0 Å². The average Bonchev–Trinajstić information content (AvgIpc) is 3.15. The molecule has 0 aliphatic carbocycles. The van der Waals surface area contributed by atoms with Gasteiger partial charge in [0.1, 0.15) is 11.5 Å². The van der Waals surface area contributed by atoms with Crippen LogP contribution in [0.15, 0.2) is 59.1 Å². The maximum absolute atomic E-state index is 11.0. The van der Waals surface area contributed by atoms with Crippen LogP contribution in [0, 0.1) is 0 Å². The fraction of sp³-hybridized carbons (Fsp3) is 0.417. The quantitative estimate of drug-likeness (QED) is 0.536. The van der Waals surface area contributed by atoms with Gasteiger partial charge in [-0.15, -0.1) is 0 Å². The van der Waals surface area contributed by atoms with Crippen LogP contribution >= 0.6 is 0 Å². The molecule has 2 aromatic rings. The van der Waals surface area contributed by atoms with Gasteiger partial charge in [-0.25, -0.2) is 0 Å². The molecule has 0 aliphatic rings. The number of para-hydroxylation sites is 1. The van der Waals surface area contributed by atoms with Crippen LogP contribution in [0.5, 0.6) is 11.5 Å². The van der Waals surface area contributed by atoms with Crippen molar-refractivity contribution in [2.45, 2.75) is 45.9 Å². The molecular weight excluding hydrogens is 366 g/mol. The maximum atomic E-state index is 11.0. The molecule has 5 heteroatoms. The molecule has 0 unspecified atom stereocenters. The SMILES string of the molecule is C=C(C)C(O)(C(=C)C)c1ccc(CN(CCC)Cc2cccc(OC)c2OC)o1. The third-order valence-electron chi connectivity index (χ3n) is 5.05.